The van der Waals surface area contributed by atoms with Gasteiger partial charge in [-0.15, -0.1) is 0 Å². The Balaban J connectivity index is 0.699. The minimum Gasteiger partial charge on any atom is -0.390 e. The number of benzene rings is 2. The summed E-state index contributed by atoms with van der Waals surface area (Å²) < 4.78 is 73.1. The Kier molecular flexibility index (Phi) is 44.9. The maximum absolute atomic E-state index is 13.4. The molecule has 4 aliphatic carbocycles. The van der Waals surface area contributed by atoms with Crippen molar-refractivity contribution >= 4 is 69.1 Å². The molecule has 0 radical (unpaired) electrons. The summed E-state index contributed by atoms with van der Waals surface area (Å²) in [7, 11) is 2.63. The normalized spacial score (nSPS) is 34.6. The molecular formula is C85H150N18O26S3. The fraction of sp³-hybridized carbons (Fsp3) is 0.800. The third-order valence-corrected chi connectivity index (χ3v) is 28.3. The molecule has 0 bridgehead atoms. The van der Waals surface area contributed by atoms with E-state index in [4.69, 9.17) is 138 Å². The van der Waals surface area contributed by atoms with Crippen LogP contribution in [0.4, 0.5) is 4.79 Å². The number of rotatable bonds is 53. The molecule has 8 aliphatic rings. The van der Waals surface area contributed by atoms with Crippen molar-refractivity contribution in [1.29, 1.82) is 0 Å². The Morgan fingerprint density at radius 3 is 1.70 bits per heavy atom. The number of thioether (sulfide) groups is 2. The van der Waals surface area contributed by atoms with Crippen LogP contribution in [0.3, 0.4) is 0 Å². The number of nitrogens with zero attached hydrogens (tertiary/aromatic N) is 1. The first kappa shape index (κ1) is 110. The molecule has 36 atom stereocenters. The van der Waals surface area contributed by atoms with Crippen molar-refractivity contribution in [3.05, 3.63) is 64.7 Å². The summed E-state index contributed by atoms with van der Waals surface area (Å²) >= 11 is 8.49. The van der Waals surface area contributed by atoms with Gasteiger partial charge in [-0.1, -0.05) is 48.9 Å². The molecule has 2 aromatic carbocycles. The zero-order chi connectivity index (χ0) is 95.7. The maximum Gasteiger partial charge on any atom is 0.314 e. The lowest BCUT2D eigenvalue weighted by atomic mass is 9.79. The van der Waals surface area contributed by atoms with E-state index in [0.717, 1.165) is 51.6 Å². The fourth-order valence-corrected chi connectivity index (χ4v) is 20.2. The van der Waals surface area contributed by atoms with Crippen LogP contribution in [0.5, 0.6) is 0 Å². The second-order valence-electron chi connectivity index (χ2n) is 35.3. The molecule has 0 aromatic heterocycles. The molecule has 10 rings (SSSR count). The zero-order valence-electron chi connectivity index (χ0n) is 75.2. The van der Waals surface area contributed by atoms with E-state index in [2.05, 4.69) is 74.0 Å². The number of hydrogen-bond acceptors (Lipinski definition) is 42. The van der Waals surface area contributed by atoms with E-state index in [1.54, 1.807) is 0 Å². The van der Waals surface area contributed by atoms with Crippen LogP contribution in [0, 0.1) is 0 Å². The Hall–Kier alpha value is -4.17. The number of unbranched alkanes of at least 4 members (excludes halogenated alkanes) is 3. The van der Waals surface area contributed by atoms with Gasteiger partial charge in [-0.05, 0) is 148 Å². The Labute approximate surface area is 783 Å². The maximum atomic E-state index is 13.4. The number of aliphatic hydroxyl groups excluding tert-OH is 12. The number of methoxy groups -OCH3 is 2. The number of nitrogens with two attached hydrogens (primary N) is 12. The third kappa shape index (κ3) is 29.0. The summed E-state index contributed by atoms with van der Waals surface area (Å²) in [6.45, 7) is 3.11. The Morgan fingerprint density at radius 1 is 0.568 bits per heavy atom. The lowest BCUT2D eigenvalue weighted by Crippen LogP contribution is -2.68. The van der Waals surface area contributed by atoms with Gasteiger partial charge in [-0.3, -0.25) is 4.79 Å². The molecule has 41 N–H and O–H groups in total. The van der Waals surface area contributed by atoms with Crippen LogP contribution in [0.2, 0.25) is 0 Å². The number of urea groups is 1. The van der Waals surface area contributed by atoms with Crippen molar-refractivity contribution in [3.63, 3.8) is 0 Å². The monoisotopic (exact) mass is 1940 g/mol. The first-order valence-electron chi connectivity index (χ1n) is 46.0. The van der Waals surface area contributed by atoms with E-state index < -0.39 is 233 Å². The molecule has 6 fully saturated rings. The van der Waals surface area contributed by atoms with Crippen LogP contribution in [-0.4, -0.2) is 426 Å². The van der Waals surface area contributed by atoms with Gasteiger partial charge in [-0.2, -0.15) is 23.5 Å². The van der Waals surface area contributed by atoms with E-state index in [9.17, 15) is 70.9 Å². The van der Waals surface area contributed by atoms with E-state index in [1.165, 1.54) is 76.3 Å². The van der Waals surface area contributed by atoms with Gasteiger partial charge >= 0.3 is 6.03 Å². The van der Waals surface area contributed by atoms with Crippen molar-refractivity contribution in [2.24, 2.45) is 68.8 Å². The predicted octanol–water partition coefficient (Wildman–Crippen LogP) is -10.0. The summed E-state index contributed by atoms with van der Waals surface area (Å²) in [6.07, 6.45) is -23.7. The number of amides is 3. The van der Waals surface area contributed by atoms with Crippen LogP contribution in [0.15, 0.2) is 42.5 Å². The van der Waals surface area contributed by atoms with Gasteiger partial charge in [0.05, 0.1) is 67.4 Å². The van der Waals surface area contributed by atoms with Gasteiger partial charge in [0.2, 0.25) is 5.91 Å². The van der Waals surface area contributed by atoms with Gasteiger partial charge in [0.15, 0.2) is 36.6 Å². The van der Waals surface area contributed by atoms with Gasteiger partial charge in [-0.25, -0.2) is 4.79 Å². The number of hydrogen-bond donors (Lipinski definition) is 29. The summed E-state index contributed by atoms with van der Waals surface area (Å²) in [5, 5.41) is 152. The van der Waals surface area contributed by atoms with Crippen LogP contribution in [-0.2, 0) is 80.9 Å². The highest BCUT2D eigenvalue weighted by Gasteiger charge is 2.56. The number of carbonyl (C=O) groups excluding carboxylic acids is 2. The molecule has 15 unspecified atom stereocenters. The third-order valence-electron chi connectivity index (χ3n) is 25.9. The van der Waals surface area contributed by atoms with Gasteiger partial charge < -0.3 is 218 Å². The number of allylic oxidation sites excluding steroid dienone is 4. The summed E-state index contributed by atoms with van der Waals surface area (Å²) in [4.78, 5) is 29.0. The topological polar surface area (TPSA) is 763 Å². The summed E-state index contributed by atoms with van der Waals surface area (Å²) in [5.41, 5.74) is 80.7. The molecular weight excluding hydrogens is 1790 g/mol. The molecule has 4 saturated heterocycles. The van der Waals surface area contributed by atoms with Gasteiger partial charge in [0.25, 0.3) is 0 Å². The molecule has 4 heterocycles. The summed E-state index contributed by atoms with van der Waals surface area (Å²) in [6, 6.07) is -0.567. The van der Waals surface area contributed by atoms with Crippen molar-refractivity contribution in [2.45, 2.75) is 304 Å². The SMILES string of the molecule is COC(CSCCNC(=O)NCCCCN(CCCCCNC(=O)CCc1cc2cccc3c2c2c1CC=CC2=CC3)CCCNC(=S)NCCSCC1OC(OC2[C@H](O[C@@H]3OC(CN)[C@@H](O)[C@H](O)C3N)C(N)C[C@@H](N)[C@H]2O)[C@@H](O)[C@H]1O[C@H]1O[C@@H](CN)[C@@H](O)C(O)C1N)[C@H](O[C@@H](OC)C(N)C(O)[C@H](O)CCN)[C@H](O)COC1[C@H](O[C@@H]2OC(CN)[C@@H](O)[C@H](O)C2N)C(N)C[C@@H](N)[C@H]1O. The smallest absolute Gasteiger partial charge is 0.314 e. The number of ether oxygens (including phenoxy) is 12. The van der Waals surface area contributed by atoms with Crippen LogP contribution < -0.4 is 95.4 Å². The van der Waals surface area contributed by atoms with E-state index >= 15 is 0 Å². The van der Waals surface area contributed by atoms with Crippen molar-refractivity contribution < 1.29 is 128 Å². The Bertz CT molecular complexity index is 3890. The lowest BCUT2D eigenvalue weighted by Gasteiger charge is -2.47. The number of thiocarbonyl (C=S) groups is 1. The minimum atomic E-state index is -1.62. The first-order valence-corrected chi connectivity index (χ1v) is 48.7. The van der Waals surface area contributed by atoms with Crippen LogP contribution >= 0.6 is 35.7 Å². The van der Waals surface area contributed by atoms with E-state index in [-0.39, 0.29) is 69.4 Å². The molecule has 132 heavy (non-hydrogen) atoms. The number of carbonyl (C=O) groups is 2. The minimum absolute atomic E-state index is 0.00708. The molecule has 47 heteroatoms. The highest BCUT2D eigenvalue weighted by atomic mass is 32.2. The van der Waals surface area contributed by atoms with E-state index in [1.807, 2.05) is 0 Å². The van der Waals surface area contributed by atoms with Crippen LogP contribution in [0.25, 0.3) is 16.3 Å². The molecule has 2 saturated carbocycles. The second-order valence-corrected chi connectivity index (χ2v) is 38.0. The number of aryl methyl sites for hydroxylation is 1. The van der Waals surface area contributed by atoms with Gasteiger partial charge in [0, 0.05) is 120 Å². The Morgan fingerprint density at radius 2 is 1.10 bits per heavy atom. The molecule has 3 amide bonds. The van der Waals surface area contributed by atoms with Crippen molar-refractivity contribution in [3.8, 4) is 0 Å². The quantitative estimate of drug-likeness (QED) is 0.0166. The lowest BCUT2D eigenvalue weighted by molar-refractivity contribution is -0.306. The molecule has 4 aliphatic heterocycles. The van der Waals surface area contributed by atoms with Crippen molar-refractivity contribution in [1.82, 2.24) is 31.5 Å². The highest BCUT2D eigenvalue weighted by Crippen LogP contribution is 2.42. The summed E-state index contributed by atoms with van der Waals surface area (Å²) in [5.74, 6) is 1.14. The molecule has 44 nitrogen and oxygen atoms in total. The zero-order valence-corrected chi connectivity index (χ0v) is 77.7. The average molecular weight is 1940 g/mol. The average Bonchev–Trinajstić information content (AvgIpc) is 0.824. The van der Waals surface area contributed by atoms with Gasteiger partial charge in [0.1, 0.15) is 104 Å². The largest absolute Gasteiger partial charge is 0.390 e. The second kappa shape index (κ2) is 54.0. The first-order chi connectivity index (χ1) is 63.3. The standard InChI is InChI=1S/C85H150N18O26S3/c1-118-54(75(127-79(119-2)59(94)65(109)49(104)19-20-86)50(105)37-120-77-63(107)45(90)32-47(92)73(77)125-80-60(95)69(113)66(110)51(34-87)121-80)38-131-29-24-100-84(117)99-22-5-7-27-103(26-6-3-4-21-98-56(106)18-17-42-31-43-13-8-11-40-15-16-41-12-9-14-44(42)58(41)57(40)43)28-10-23-101-85(130)102-25-30-132-39-55-76(128-82-62(97)71(115)68(112)53(36-89)123-82)72(116)83(124-55)129-78-64(108)46(91)33-48(93)74(78)126-81-61(96)70(114)67(111)52(35-88)122-81/h8-9,11-13,16,31,45-55,59-83,104-105,107-116H,3-7,10,14-15,17-30,32-39,86-97H2,1-2H3,(H,98,106)(H2,99,100,117)(H2,101,102,130)/t45-,46-,47?,48?,49-,50-,51?,52?,53+,54?,55?,59?,60?,61?,62?,63-,64-,65?,66-,67-,68-,69-,70-,71?,72+,73-,74-,75-,76+,77?,78?,79-,80+,81+,82-,83?/m1/s1. The molecule has 0 spiro atoms. The molecule has 754 valence electrons. The van der Waals surface area contributed by atoms with E-state index in [0.29, 0.717) is 75.0 Å². The predicted molar refractivity (Wildman–Crippen MR) is 495 cm³/mol. The highest BCUT2D eigenvalue weighted by molar-refractivity contribution is 7.99. The van der Waals surface area contributed by atoms with Crippen LogP contribution in [0.1, 0.15) is 86.5 Å². The fourth-order valence-electron chi connectivity index (χ4n) is 18.1. The number of nitrogens with one attached hydrogen (secondary N) is 5. The number of aliphatic hydroxyl groups is 12. The van der Waals surface area contributed by atoms with Crippen molar-refractivity contribution in [2.75, 3.05) is 122 Å². The molecule has 2 aromatic rings.